The van der Waals surface area contributed by atoms with Gasteiger partial charge in [-0.25, -0.2) is 4.98 Å². The first-order chi connectivity index (χ1) is 10.8. The highest BCUT2D eigenvalue weighted by atomic mass is 35.5. The molecule has 0 spiro atoms. The van der Waals surface area contributed by atoms with E-state index in [1.54, 1.807) is 0 Å². The molecule has 0 aliphatic heterocycles. The summed E-state index contributed by atoms with van der Waals surface area (Å²) in [5, 5.41) is 13.0. The fourth-order valence-electron chi connectivity index (χ4n) is 2.84. The zero-order valence-corrected chi connectivity index (χ0v) is 13.8. The van der Waals surface area contributed by atoms with Crippen LogP contribution in [0.4, 0.5) is 0 Å². The van der Waals surface area contributed by atoms with Crippen molar-refractivity contribution in [1.29, 1.82) is 5.26 Å². The first-order valence-electron chi connectivity index (χ1n) is 7.60. The van der Waals surface area contributed by atoms with E-state index in [-0.39, 0.29) is 0 Å². The van der Waals surface area contributed by atoms with Crippen molar-refractivity contribution in [2.45, 2.75) is 32.1 Å². The number of benzene rings is 1. The van der Waals surface area contributed by atoms with Crippen LogP contribution in [0, 0.1) is 17.2 Å². The molecule has 1 saturated carbocycles. The Labute approximate surface area is 140 Å². The van der Waals surface area contributed by atoms with Gasteiger partial charge in [0.1, 0.15) is 11.1 Å². The molecule has 2 aromatic rings. The van der Waals surface area contributed by atoms with Gasteiger partial charge < -0.3 is 0 Å². The number of halogens is 1. The Hall–Kier alpha value is -1.63. The number of hydrogen-bond acceptors (Lipinski definition) is 3. The monoisotopic (exact) mass is 328 g/mol. The lowest BCUT2D eigenvalue weighted by Gasteiger charge is -2.18. The lowest BCUT2D eigenvalue weighted by atomic mass is 9.88. The van der Waals surface area contributed by atoms with Gasteiger partial charge in [0.05, 0.1) is 11.3 Å². The second-order valence-corrected chi connectivity index (χ2v) is 6.93. The second kappa shape index (κ2) is 7.09. The lowest BCUT2D eigenvalue weighted by Crippen LogP contribution is -2.03. The molecule has 0 bridgehead atoms. The van der Waals surface area contributed by atoms with E-state index in [9.17, 15) is 5.26 Å². The maximum absolute atomic E-state index is 9.46. The van der Waals surface area contributed by atoms with Crippen LogP contribution in [0.15, 0.2) is 35.7 Å². The van der Waals surface area contributed by atoms with Crippen LogP contribution in [0.2, 0.25) is 5.02 Å². The van der Waals surface area contributed by atoms with Gasteiger partial charge in [-0.3, -0.25) is 0 Å². The number of nitrogens with zero attached hydrogens (tertiary/aromatic N) is 2. The number of allylic oxidation sites excluding steroid dienone is 2. The van der Waals surface area contributed by atoms with Crippen molar-refractivity contribution in [2.24, 2.45) is 5.92 Å². The fraction of sp³-hybridized carbons (Fsp3) is 0.333. The summed E-state index contributed by atoms with van der Waals surface area (Å²) in [4.78, 5) is 4.63. The molecule has 1 aliphatic carbocycles. The van der Waals surface area contributed by atoms with Gasteiger partial charge in [-0.15, -0.1) is 11.3 Å². The highest BCUT2D eigenvalue weighted by Crippen LogP contribution is 2.31. The Bertz CT molecular complexity index is 703. The molecule has 0 radical (unpaired) electrons. The Morgan fingerprint density at radius 2 is 1.95 bits per heavy atom. The molecule has 1 heterocycles. The first-order valence-corrected chi connectivity index (χ1v) is 8.86. The zero-order chi connectivity index (χ0) is 15.4. The molecule has 22 heavy (non-hydrogen) atoms. The molecule has 1 aliphatic rings. The van der Waals surface area contributed by atoms with E-state index >= 15 is 0 Å². The van der Waals surface area contributed by atoms with Gasteiger partial charge in [0, 0.05) is 16.0 Å². The highest BCUT2D eigenvalue weighted by molar-refractivity contribution is 7.11. The average Bonchev–Trinajstić information content (AvgIpc) is 3.04. The van der Waals surface area contributed by atoms with E-state index in [4.69, 9.17) is 11.6 Å². The first kappa shape index (κ1) is 15.3. The van der Waals surface area contributed by atoms with E-state index in [2.05, 4.69) is 17.1 Å². The molecule has 1 aromatic carbocycles. The molecule has 0 amide bonds. The molecule has 0 atom stereocenters. The van der Waals surface area contributed by atoms with E-state index in [0.29, 0.717) is 10.9 Å². The second-order valence-electron chi connectivity index (χ2n) is 5.64. The quantitative estimate of drug-likeness (QED) is 0.652. The zero-order valence-electron chi connectivity index (χ0n) is 12.3. The molecule has 1 fully saturated rings. The number of thiazole rings is 1. The molecule has 2 nitrogen and oxygen atoms in total. The topological polar surface area (TPSA) is 36.7 Å². The number of rotatable bonds is 3. The van der Waals surface area contributed by atoms with Crippen LogP contribution in [0.3, 0.4) is 0 Å². The van der Waals surface area contributed by atoms with Crippen LogP contribution in [0.1, 0.15) is 37.1 Å². The van der Waals surface area contributed by atoms with Gasteiger partial charge >= 0.3 is 0 Å². The molecular weight excluding hydrogens is 312 g/mol. The van der Waals surface area contributed by atoms with Crippen LogP contribution < -0.4 is 0 Å². The van der Waals surface area contributed by atoms with E-state index in [1.807, 2.05) is 29.6 Å². The Balaban J connectivity index is 1.83. The van der Waals surface area contributed by atoms with Crippen molar-refractivity contribution in [1.82, 2.24) is 4.98 Å². The lowest BCUT2D eigenvalue weighted by molar-refractivity contribution is 0.420. The predicted octanol–water partition coefficient (Wildman–Crippen LogP) is 5.95. The molecule has 1 aromatic heterocycles. The van der Waals surface area contributed by atoms with Gasteiger partial charge in [-0.2, -0.15) is 5.26 Å². The van der Waals surface area contributed by atoms with Crippen molar-refractivity contribution in [3.8, 4) is 17.3 Å². The van der Waals surface area contributed by atoms with Crippen LogP contribution in [0.25, 0.3) is 16.8 Å². The summed E-state index contributed by atoms with van der Waals surface area (Å²) in [7, 11) is 0. The molecule has 3 rings (SSSR count). The molecule has 0 saturated heterocycles. The molecule has 0 unspecified atom stereocenters. The minimum atomic E-state index is 0.534. The standard InChI is InChI=1S/C18H17ClN2S/c19-16-8-6-14(7-9-16)17-12-22-18(21-17)15(11-20)10-13-4-2-1-3-5-13/h6-10,12-13H,1-5H2. The van der Waals surface area contributed by atoms with Crippen LogP contribution in [-0.4, -0.2) is 4.98 Å². The van der Waals surface area contributed by atoms with Gasteiger partial charge in [-0.05, 0) is 30.9 Å². The van der Waals surface area contributed by atoms with Crippen molar-refractivity contribution in [3.63, 3.8) is 0 Å². The minimum absolute atomic E-state index is 0.534. The normalized spacial score (nSPS) is 16.5. The number of aromatic nitrogens is 1. The summed E-state index contributed by atoms with van der Waals surface area (Å²) >= 11 is 7.45. The molecule has 0 N–H and O–H groups in total. The summed E-state index contributed by atoms with van der Waals surface area (Å²) in [6.45, 7) is 0. The summed E-state index contributed by atoms with van der Waals surface area (Å²) < 4.78 is 0. The number of nitriles is 1. The third kappa shape index (κ3) is 3.58. The third-order valence-corrected chi connectivity index (χ3v) is 5.17. The predicted molar refractivity (Wildman–Crippen MR) is 92.7 cm³/mol. The third-order valence-electron chi connectivity index (χ3n) is 4.05. The van der Waals surface area contributed by atoms with Crippen molar-refractivity contribution in [2.75, 3.05) is 0 Å². The molecule has 4 heteroatoms. The Morgan fingerprint density at radius 1 is 1.23 bits per heavy atom. The number of hydrogen-bond donors (Lipinski definition) is 0. The Kier molecular flexibility index (Phi) is 4.92. The van der Waals surface area contributed by atoms with Crippen molar-refractivity contribution < 1.29 is 0 Å². The van der Waals surface area contributed by atoms with E-state index in [0.717, 1.165) is 21.8 Å². The van der Waals surface area contributed by atoms with Crippen LogP contribution >= 0.6 is 22.9 Å². The van der Waals surface area contributed by atoms with Crippen LogP contribution in [0.5, 0.6) is 0 Å². The summed E-state index contributed by atoms with van der Waals surface area (Å²) in [5.74, 6) is 0.534. The highest BCUT2D eigenvalue weighted by Gasteiger charge is 2.15. The van der Waals surface area contributed by atoms with Gasteiger partial charge in [0.15, 0.2) is 0 Å². The SMILES string of the molecule is N#CC(=CC1CCCCC1)c1nc(-c2ccc(Cl)cc2)cs1. The maximum Gasteiger partial charge on any atom is 0.134 e. The molecule has 112 valence electrons. The van der Waals surface area contributed by atoms with Gasteiger partial charge in [-0.1, -0.05) is 49.1 Å². The summed E-state index contributed by atoms with van der Waals surface area (Å²) in [6, 6.07) is 9.96. The van der Waals surface area contributed by atoms with Gasteiger partial charge in [0.25, 0.3) is 0 Å². The van der Waals surface area contributed by atoms with E-state index in [1.165, 1.54) is 43.4 Å². The minimum Gasteiger partial charge on any atom is -0.235 e. The smallest absolute Gasteiger partial charge is 0.134 e. The van der Waals surface area contributed by atoms with Gasteiger partial charge in [0.2, 0.25) is 0 Å². The van der Waals surface area contributed by atoms with Crippen LogP contribution in [-0.2, 0) is 0 Å². The largest absolute Gasteiger partial charge is 0.235 e. The van der Waals surface area contributed by atoms with E-state index < -0.39 is 0 Å². The maximum atomic E-state index is 9.46. The average molecular weight is 329 g/mol. The Morgan fingerprint density at radius 3 is 2.64 bits per heavy atom. The van der Waals surface area contributed by atoms with Crippen molar-refractivity contribution in [3.05, 3.63) is 45.8 Å². The fourth-order valence-corrected chi connectivity index (χ4v) is 3.77. The van der Waals surface area contributed by atoms with Crippen molar-refractivity contribution >= 4 is 28.5 Å². The summed E-state index contributed by atoms with van der Waals surface area (Å²) in [5.41, 5.74) is 2.65. The summed E-state index contributed by atoms with van der Waals surface area (Å²) in [6.07, 6.45) is 8.39. The molecular formula is C18H17ClN2S.